The van der Waals surface area contributed by atoms with Crippen LogP contribution in [-0.4, -0.2) is 53.8 Å². The van der Waals surface area contributed by atoms with Crippen LogP contribution in [0.5, 0.6) is 0 Å². The van der Waals surface area contributed by atoms with Crippen LogP contribution in [0.2, 0.25) is 0 Å². The molecule has 1 atom stereocenters. The van der Waals surface area contributed by atoms with Gasteiger partial charge in [-0.25, -0.2) is 14.2 Å². The first-order valence-corrected chi connectivity index (χ1v) is 6.74. The Hall–Kier alpha value is -1.92. The number of ether oxygens (including phenoxy) is 1. The van der Waals surface area contributed by atoms with Gasteiger partial charge in [-0.3, -0.25) is 9.69 Å². The van der Waals surface area contributed by atoms with E-state index in [1.165, 1.54) is 22.2 Å². The Kier molecular flexibility index (Phi) is 4.70. The fourth-order valence-corrected chi connectivity index (χ4v) is 2.07. The third kappa shape index (κ3) is 3.55. The smallest absolute Gasteiger partial charge is 0.324 e. The molecule has 110 valence electrons. The van der Waals surface area contributed by atoms with E-state index in [9.17, 15) is 14.0 Å². The standard InChI is InChI=1S/C13H18FN3O3/c1-2-3-12(18)20-11-9-17(7-5-15-11)13(19)16-6-4-10(14)8-16/h5,9-10H,2-4,6-8H2,1H3/t10-/m0/s1. The van der Waals surface area contributed by atoms with Gasteiger partial charge in [0.1, 0.15) is 6.17 Å². The summed E-state index contributed by atoms with van der Waals surface area (Å²) >= 11 is 0. The van der Waals surface area contributed by atoms with Gasteiger partial charge in [0.15, 0.2) is 0 Å². The van der Waals surface area contributed by atoms with Crippen molar-refractivity contribution in [2.75, 3.05) is 19.6 Å². The summed E-state index contributed by atoms with van der Waals surface area (Å²) in [4.78, 5) is 30.3. The molecule has 1 fully saturated rings. The summed E-state index contributed by atoms with van der Waals surface area (Å²) < 4.78 is 18.1. The number of halogens is 1. The highest BCUT2D eigenvalue weighted by Crippen LogP contribution is 2.16. The molecule has 7 heteroatoms. The molecule has 0 bridgehead atoms. The van der Waals surface area contributed by atoms with Crippen LogP contribution in [0.15, 0.2) is 17.1 Å². The lowest BCUT2D eigenvalue weighted by Crippen LogP contribution is -2.41. The first-order valence-electron chi connectivity index (χ1n) is 6.74. The molecule has 0 aliphatic carbocycles. The van der Waals surface area contributed by atoms with Crippen molar-refractivity contribution in [1.82, 2.24) is 9.80 Å². The molecule has 0 radical (unpaired) electrons. The summed E-state index contributed by atoms with van der Waals surface area (Å²) in [5.41, 5.74) is 0. The molecule has 2 heterocycles. The van der Waals surface area contributed by atoms with Crippen LogP contribution in [0.4, 0.5) is 9.18 Å². The van der Waals surface area contributed by atoms with E-state index < -0.39 is 6.17 Å². The zero-order valence-corrected chi connectivity index (χ0v) is 11.4. The summed E-state index contributed by atoms with van der Waals surface area (Å²) in [6, 6.07) is -0.291. The monoisotopic (exact) mass is 283 g/mol. The number of rotatable bonds is 3. The van der Waals surface area contributed by atoms with Crippen molar-refractivity contribution in [2.45, 2.75) is 32.4 Å². The van der Waals surface area contributed by atoms with Gasteiger partial charge in [-0.15, -0.1) is 0 Å². The quantitative estimate of drug-likeness (QED) is 0.740. The molecule has 6 nitrogen and oxygen atoms in total. The summed E-state index contributed by atoms with van der Waals surface area (Å²) in [6.45, 7) is 2.69. The number of likely N-dealkylation sites (tertiary alicyclic amines) is 1. The molecule has 2 aliphatic rings. The van der Waals surface area contributed by atoms with Gasteiger partial charge in [0.25, 0.3) is 0 Å². The predicted octanol–water partition coefficient (Wildman–Crippen LogP) is 1.68. The fraction of sp³-hybridized carbons (Fsp3) is 0.615. The molecule has 2 aliphatic heterocycles. The van der Waals surface area contributed by atoms with Crippen molar-refractivity contribution < 1.29 is 18.7 Å². The Labute approximate surface area is 116 Å². The topological polar surface area (TPSA) is 62.2 Å². The fourth-order valence-electron chi connectivity index (χ4n) is 2.07. The van der Waals surface area contributed by atoms with E-state index in [0.717, 1.165) is 0 Å². The maximum absolute atomic E-state index is 13.1. The zero-order valence-electron chi connectivity index (χ0n) is 11.4. The second-order valence-electron chi connectivity index (χ2n) is 4.77. The normalized spacial score (nSPS) is 21.9. The first-order chi connectivity index (χ1) is 9.60. The Morgan fingerprint density at radius 2 is 2.35 bits per heavy atom. The Bertz CT molecular complexity index is 450. The molecule has 0 spiro atoms. The van der Waals surface area contributed by atoms with Crippen LogP contribution in [0.3, 0.4) is 0 Å². The van der Waals surface area contributed by atoms with E-state index in [4.69, 9.17) is 4.74 Å². The number of urea groups is 1. The van der Waals surface area contributed by atoms with Crippen LogP contribution in [0.1, 0.15) is 26.2 Å². The number of amides is 2. The van der Waals surface area contributed by atoms with Gasteiger partial charge in [-0.1, -0.05) is 6.92 Å². The van der Waals surface area contributed by atoms with Gasteiger partial charge in [0, 0.05) is 19.2 Å². The minimum atomic E-state index is -0.955. The molecule has 20 heavy (non-hydrogen) atoms. The zero-order chi connectivity index (χ0) is 14.5. The second-order valence-corrected chi connectivity index (χ2v) is 4.77. The van der Waals surface area contributed by atoms with Gasteiger partial charge >= 0.3 is 12.0 Å². The predicted molar refractivity (Wildman–Crippen MR) is 70.8 cm³/mol. The minimum absolute atomic E-state index is 0.0963. The number of carbonyl (C=O) groups excluding carboxylic acids is 2. The van der Waals surface area contributed by atoms with Crippen molar-refractivity contribution in [1.29, 1.82) is 0 Å². The van der Waals surface area contributed by atoms with E-state index in [1.807, 2.05) is 6.92 Å². The molecule has 2 amide bonds. The summed E-state index contributed by atoms with van der Waals surface area (Å²) in [5, 5.41) is 0. The van der Waals surface area contributed by atoms with Crippen LogP contribution in [-0.2, 0) is 9.53 Å². The molecule has 0 aromatic rings. The number of carbonyl (C=O) groups is 2. The molecule has 0 aromatic heterocycles. The average molecular weight is 283 g/mol. The Morgan fingerprint density at radius 1 is 1.55 bits per heavy atom. The molecule has 1 saturated heterocycles. The third-order valence-corrected chi connectivity index (χ3v) is 3.08. The molecule has 2 rings (SSSR count). The minimum Gasteiger partial charge on any atom is -0.406 e. The highest BCUT2D eigenvalue weighted by Gasteiger charge is 2.29. The van der Waals surface area contributed by atoms with Crippen LogP contribution in [0.25, 0.3) is 0 Å². The lowest BCUT2D eigenvalue weighted by molar-refractivity contribution is -0.139. The molecular weight excluding hydrogens is 265 g/mol. The molecule has 0 N–H and O–H groups in total. The van der Waals surface area contributed by atoms with E-state index >= 15 is 0 Å². The average Bonchev–Trinajstić information content (AvgIpc) is 2.85. The van der Waals surface area contributed by atoms with Crippen molar-refractivity contribution in [2.24, 2.45) is 4.99 Å². The molecule has 0 saturated carbocycles. The SMILES string of the molecule is CCCC(=O)OC1=CN(C(=O)N2CC[C@H](F)C2)CC=N1. The summed E-state index contributed by atoms with van der Waals surface area (Å²) in [6.07, 6.45) is 3.29. The van der Waals surface area contributed by atoms with E-state index in [2.05, 4.69) is 4.99 Å². The molecule has 0 aromatic carbocycles. The van der Waals surface area contributed by atoms with Gasteiger partial charge in [-0.2, -0.15) is 0 Å². The van der Waals surface area contributed by atoms with Crippen molar-refractivity contribution in [3.05, 3.63) is 12.1 Å². The van der Waals surface area contributed by atoms with Crippen LogP contribution in [0, 0.1) is 0 Å². The highest BCUT2D eigenvalue weighted by molar-refractivity contribution is 5.80. The van der Waals surface area contributed by atoms with Crippen LogP contribution < -0.4 is 0 Å². The first kappa shape index (κ1) is 14.5. The number of alkyl halides is 1. The number of hydrogen-bond donors (Lipinski definition) is 0. The van der Waals surface area contributed by atoms with Gasteiger partial charge in [0.2, 0.25) is 5.88 Å². The van der Waals surface area contributed by atoms with Gasteiger partial charge in [0.05, 0.1) is 19.3 Å². The van der Waals surface area contributed by atoms with Gasteiger partial charge < -0.3 is 9.64 Å². The molecule has 0 unspecified atom stereocenters. The number of nitrogens with zero attached hydrogens (tertiary/aromatic N) is 3. The lowest BCUT2D eigenvalue weighted by Gasteiger charge is -2.25. The Morgan fingerprint density at radius 3 is 3.00 bits per heavy atom. The van der Waals surface area contributed by atoms with Crippen LogP contribution >= 0.6 is 0 Å². The van der Waals surface area contributed by atoms with Gasteiger partial charge in [-0.05, 0) is 12.8 Å². The summed E-state index contributed by atoms with van der Waals surface area (Å²) in [5.74, 6) is -0.283. The summed E-state index contributed by atoms with van der Waals surface area (Å²) in [7, 11) is 0. The van der Waals surface area contributed by atoms with Crippen molar-refractivity contribution in [3.63, 3.8) is 0 Å². The Balaban J connectivity index is 1.95. The van der Waals surface area contributed by atoms with Crippen molar-refractivity contribution in [3.8, 4) is 0 Å². The second kappa shape index (κ2) is 6.49. The number of aliphatic imine (C=N–C) groups is 1. The maximum Gasteiger partial charge on any atom is 0.324 e. The molecular formula is C13H18FN3O3. The van der Waals surface area contributed by atoms with Crippen molar-refractivity contribution >= 4 is 18.2 Å². The highest BCUT2D eigenvalue weighted by atomic mass is 19.1. The van der Waals surface area contributed by atoms with E-state index in [0.29, 0.717) is 32.4 Å². The third-order valence-electron chi connectivity index (χ3n) is 3.08. The largest absolute Gasteiger partial charge is 0.406 e. The lowest BCUT2D eigenvalue weighted by atomic mass is 10.3. The number of esters is 1. The van der Waals surface area contributed by atoms with E-state index in [-0.39, 0.29) is 24.4 Å². The number of hydrogen-bond acceptors (Lipinski definition) is 4. The van der Waals surface area contributed by atoms with E-state index in [1.54, 1.807) is 0 Å². The maximum atomic E-state index is 13.1.